The van der Waals surface area contributed by atoms with Gasteiger partial charge in [-0.15, -0.1) is 0 Å². The summed E-state index contributed by atoms with van der Waals surface area (Å²) in [5.41, 5.74) is 1.15. The smallest absolute Gasteiger partial charge is 0.123 e. The van der Waals surface area contributed by atoms with E-state index in [4.69, 9.17) is 0 Å². The average molecular weight is 317 g/mol. The van der Waals surface area contributed by atoms with E-state index in [1.807, 2.05) is 19.3 Å². The Morgan fingerprint density at radius 1 is 1.30 bits per heavy atom. The van der Waals surface area contributed by atoms with Crippen molar-refractivity contribution in [3.63, 3.8) is 0 Å². The van der Waals surface area contributed by atoms with Gasteiger partial charge in [0, 0.05) is 25.4 Å². The summed E-state index contributed by atoms with van der Waals surface area (Å²) >= 11 is 0. The molecule has 1 aromatic heterocycles. The molecule has 1 aromatic carbocycles. The van der Waals surface area contributed by atoms with Crippen LogP contribution in [0, 0.1) is 5.82 Å². The fourth-order valence-electron chi connectivity index (χ4n) is 3.38. The van der Waals surface area contributed by atoms with Crippen molar-refractivity contribution in [1.82, 2.24) is 15.1 Å². The molecule has 3 rings (SSSR count). The number of benzene rings is 1. The fourth-order valence-corrected chi connectivity index (χ4v) is 3.38. The zero-order chi connectivity index (χ0) is 16.3. The van der Waals surface area contributed by atoms with Gasteiger partial charge in [0.15, 0.2) is 0 Å². The lowest BCUT2D eigenvalue weighted by Crippen LogP contribution is -2.43. The zero-order valence-corrected chi connectivity index (χ0v) is 13.5. The van der Waals surface area contributed by atoms with Crippen molar-refractivity contribution in [3.05, 3.63) is 53.6 Å². The molecular formula is C18H24FN3O. The Morgan fingerprint density at radius 3 is 2.74 bits per heavy atom. The summed E-state index contributed by atoms with van der Waals surface area (Å²) in [6.07, 6.45) is 8.68. The third-order valence-electron chi connectivity index (χ3n) is 4.66. The molecule has 2 aromatic rings. The maximum atomic E-state index is 13.6. The van der Waals surface area contributed by atoms with Gasteiger partial charge in [-0.25, -0.2) is 4.39 Å². The second-order valence-electron chi connectivity index (χ2n) is 6.60. The number of aromatic nitrogens is 2. The van der Waals surface area contributed by atoms with Crippen molar-refractivity contribution in [2.75, 3.05) is 6.54 Å². The van der Waals surface area contributed by atoms with Crippen LogP contribution in [0.4, 0.5) is 4.39 Å². The minimum atomic E-state index is -0.661. The molecule has 0 saturated heterocycles. The fraction of sp³-hybridized carbons (Fsp3) is 0.500. The van der Waals surface area contributed by atoms with E-state index in [1.54, 1.807) is 16.9 Å². The van der Waals surface area contributed by atoms with Crippen molar-refractivity contribution in [3.8, 4) is 0 Å². The van der Waals surface area contributed by atoms with Crippen molar-refractivity contribution < 1.29 is 9.50 Å². The number of halogens is 1. The van der Waals surface area contributed by atoms with Gasteiger partial charge < -0.3 is 10.4 Å². The molecule has 0 radical (unpaired) electrons. The largest absolute Gasteiger partial charge is 0.389 e. The van der Waals surface area contributed by atoms with Crippen LogP contribution in [0.2, 0.25) is 0 Å². The topological polar surface area (TPSA) is 50.1 Å². The second kappa shape index (κ2) is 6.81. The molecule has 124 valence electrons. The molecule has 0 spiro atoms. The lowest BCUT2D eigenvalue weighted by Gasteiger charge is -2.34. The van der Waals surface area contributed by atoms with Gasteiger partial charge in [0.1, 0.15) is 5.82 Å². The van der Waals surface area contributed by atoms with Crippen LogP contribution >= 0.6 is 0 Å². The Hall–Kier alpha value is -1.72. The molecule has 2 N–H and O–H groups in total. The summed E-state index contributed by atoms with van der Waals surface area (Å²) in [6, 6.07) is 6.42. The van der Waals surface area contributed by atoms with Gasteiger partial charge in [-0.2, -0.15) is 5.10 Å². The Morgan fingerprint density at radius 2 is 2.09 bits per heavy atom. The van der Waals surface area contributed by atoms with Gasteiger partial charge in [0.2, 0.25) is 0 Å². The summed E-state index contributed by atoms with van der Waals surface area (Å²) in [5, 5.41) is 18.4. The SMILES string of the molecule is Cn1cc(C(NCC2(O)CCCCC2)c2cccc(F)c2)cn1. The summed E-state index contributed by atoms with van der Waals surface area (Å²) in [4.78, 5) is 0. The predicted octanol–water partition coefficient (Wildman–Crippen LogP) is 2.93. The van der Waals surface area contributed by atoms with Crippen LogP contribution in [0.5, 0.6) is 0 Å². The van der Waals surface area contributed by atoms with Crippen LogP contribution < -0.4 is 5.32 Å². The van der Waals surface area contributed by atoms with Crippen LogP contribution in [0.1, 0.15) is 49.3 Å². The highest BCUT2D eigenvalue weighted by molar-refractivity contribution is 5.29. The molecule has 1 aliphatic rings. The van der Waals surface area contributed by atoms with Gasteiger partial charge in [0.25, 0.3) is 0 Å². The molecule has 4 nitrogen and oxygen atoms in total. The van der Waals surface area contributed by atoms with Crippen molar-refractivity contribution >= 4 is 0 Å². The summed E-state index contributed by atoms with van der Waals surface area (Å²) < 4.78 is 15.4. The van der Waals surface area contributed by atoms with Crippen LogP contribution in [0.15, 0.2) is 36.7 Å². The van der Waals surface area contributed by atoms with Gasteiger partial charge in [0.05, 0.1) is 17.8 Å². The first-order chi connectivity index (χ1) is 11.1. The van der Waals surface area contributed by atoms with E-state index in [0.717, 1.165) is 36.8 Å². The Bertz CT molecular complexity index is 649. The van der Waals surface area contributed by atoms with Gasteiger partial charge in [-0.3, -0.25) is 4.68 Å². The maximum absolute atomic E-state index is 13.6. The number of nitrogens with zero attached hydrogens (tertiary/aromatic N) is 2. The van der Waals surface area contributed by atoms with Crippen LogP contribution in [-0.2, 0) is 7.05 Å². The normalized spacial score (nSPS) is 18.7. The van der Waals surface area contributed by atoms with Gasteiger partial charge >= 0.3 is 0 Å². The molecule has 1 atom stereocenters. The van der Waals surface area contributed by atoms with Crippen molar-refractivity contribution in [2.45, 2.75) is 43.7 Å². The molecule has 1 heterocycles. The molecule has 0 aliphatic heterocycles. The number of hydrogen-bond donors (Lipinski definition) is 2. The van der Waals surface area contributed by atoms with E-state index >= 15 is 0 Å². The van der Waals surface area contributed by atoms with Crippen molar-refractivity contribution in [2.24, 2.45) is 7.05 Å². The molecule has 5 heteroatoms. The highest BCUT2D eigenvalue weighted by Gasteiger charge is 2.30. The highest BCUT2D eigenvalue weighted by Crippen LogP contribution is 2.29. The second-order valence-corrected chi connectivity index (χ2v) is 6.60. The van der Waals surface area contributed by atoms with Crippen LogP contribution in [0.3, 0.4) is 0 Å². The third-order valence-corrected chi connectivity index (χ3v) is 4.66. The van der Waals surface area contributed by atoms with Gasteiger partial charge in [-0.05, 0) is 30.5 Å². The lowest BCUT2D eigenvalue weighted by molar-refractivity contribution is 0.00349. The number of hydrogen-bond acceptors (Lipinski definition) is 3. The van der Waals surface area contributed by atoms with E-state index in [9.17, 15) is 9.50 Å². The summed E-state index contributed by atoms with van der Waals surface area (Å²) in [7, 11) is 1.86. The molecule has 0 amide bonds. The first-order valence-electron chi connectivity index (χ1n) is 8.26. The Balaban J connectivity index is 1.80. The molecule has 1 saturated carbocycles. The lowest BCUT2D eigenvalue weighted by atomic mass is 9.84. The van der Waals surface area contributed by atoms with Crippen LogP contribution in [0.25, 0.3) is 0 Å². The monoisotopic (exact) mass is 317 g/mol. The molecule has 1 unspecified atom stereocenters. The quantitative estimate of drug-likeness (QED) is 0.891. The Labute approximate surface area is 136 Å². The van der Waals surface area contributed by atoms with Crippen molar-refractivity contribution in [1.29, 1.82) is 0 Å². The van der Waals surface area contributed by atoms with E-state index < -0.39 is 5.60 Å². The van der Waals surface area contributed by atoms with E-state index in [0.29, 0.717) is 6.54 Å². The van der Waals surface area contributed by atoms with Gasteiger partial charge in [-0.1, -0.05) is 31.4 Å². The number of aryl methyl sites for hydroxylation is 1. The van der Waals surface area contributed by atoms with E-state index in [1.165, 1.54) is 18.6 Å². The number of aliphatic hydroxyl groups is 1. The predicted molar refractivity (Wildman–Crippen MR) is 87.5 cm³/mol. The molecule has 0 bridgehead atoms. The summed E-state index contributed by atoms with van der Waals surface area (Å²) in [6.45, 7) is 0.503. The third kappa shape index (κ3) is 3.98. The molecule has 23 heavy (non-hydrogen) atoms. The minimum Gasteiger partial charge on any atom is -0.389 e. The van der Waals surface area contributed by atoms with E-state index in [2.05, 4.69) is 10.4 Å². The number of nitrogens with one attached hydrogen (secondary N) is 1. The number of rotatable bonds is 5. The average Bonchev–Trinajstić information content (AvgIpc) is 2.94. The minimum absolute atomic E-state index is 0.176. The zero-order valence-electron chi connectivity index (χ0n) is 13.5. The maximum Gasteiger partial charge on any atom is 0.123 e. The van der Waals surface area contributed by atoms with E-state index in [-0.39, 0.29) is 11.9 Å². The van der Waals surface area contributed by atoms with Crippen LogP contribution in [-0.4, -0.2) is 27.0 Å². The summed E-state index contributed by atoms with van der Waals surface area (Å²) in [5.74, 6) is -0.255. The first-order valence-corrected chi connectivity index (χ1v) is 8.26. The standard InChI is InChI=1S/C18H24FN3O/c1-22-12-15(11-21-22)17(14-6-5-7-16(19)10-14)20-13-18(23)8-3-2-4-9-18/h5-7,10-12,17,20,23H,2-4,8-9,13H2,1H3. The molecule has 1 aliphatic carbocycles. The molecular weight excluding hydrogens is 293 g/mol. The first kappa shape index (κ1) is 16.1. The highest BCUT2D eigenvalue weighted by atomic mass is 19.1. The molecule has 1 fully saturated rings. The Kier molecular flexibility index (Phi) is 4.78.